The van der Waals surface area contributed by atoms with Gasteiger partial charge in [0.15, 0.2) is 0 Å². The number of benzene rings is 1. The summed E-state index contributed by atoms with van der Waals surface area (Å²) in [6.07, 6.45) is 1.56. The first-order valence-corrected chi connectivity index (χ1v) is 4.45. The molecule has 15 heavy (non-hydrogen) atoms. The Morgan fingerprint density at radius 1 is 1.07 bits per heavy atom. The Bertz CT molecular complexity index is 488. The minimum Gasteiger partial charge on any atom is -0.458 e. The van der Waals surface area contributed by atoms with Gasteiger partial charge in [0.2, 0.25) is 0 Å². The third-order valence-corrected chi connectivity index (χ3v) is 1.81. The lowest BCUT2D eigenvalue weighted by atomic mass is 10.3. The van der Waals surface area contributed by atoms with Gasteiger partial charge in [-0.3, -0.25) is 0 Å². The van der Waals surface area contributed by atoms with Gasteiger partial charge in [0.25, 0.3) is 5.82 Å². The van der Waals surface area contributed by atoms with Crippen molar-refractivity contribution in [2.75, 3.05) is 0 Å². The molecule has 0 saturated heterocycles. The Balaban J connectivity index is 2.22. The lowest BCUT2D eigenvalue weighted by Gasteiger charge is -2.04. The van der Waals surface area contributed by atoms with Gasteiger partial charge in [0, 0.05) is 12.1 Å². The first kappa shape index (κ1) is 9.22. The van der Waals surface area contributed by atoms with Gasteiger partial charge in [-0.1, -0.05) is 24.8 Å². The molecule has 2 aromatic rings. The second kappa shape index (κ2) is 4.25. The highest BCUT2D eigenvalue weighted by Gasteiger charge is 1.99. The molecule has 1 heterocycles. The molecule has 72 valence electrons. The number of para-hydroxylation sites is 1. The Morgan fingerprint density at radius 2 is 1.87 bits per heavy atom. The van der Waals surface area contributed by atoms with Crippen molar-refractivity contribution in [2.45, 2.75) is 0 Å². The van der Waals surface area contributed by atoms with E-state index in [-0.39, 0.29) is 0 Å². The fourth-order valence-electron chi connectivity index (χ4n) is 1.15. The van der Waals surface area contributed by atoms with Crippen LogP contribution in [0.4, 0.5) is 5.82 Å². The number of rotatable bonds is 2. The van der Waals surface area contributed by atoms with Crippen LogP contribution in [0.2, 0.25) is 0 Å². The minimum absolute atomic E-state index is 0.337. The van der Waals surface area contributed by atoms with Crippen molar-refractivity contribution in [3.63, 3.8) is 0 Å². The number of pyridine rings is 1. The van der Waals surface area contributed by atoms with Gasteiger partial charge in [0.1, 0.15) is 17.7 Å². The number of hydrogen-bond donors (Lipinski definition) is 0. The molecule has 1 aromatic heterocycles. The monoisotopic (exact) mass is 196 g/mol. The average Bonchev–Trinajstić information content (AvgIpc) is 2.31. The largest absolute Gasteiger partial charge is 0.458 e. The van der Waals surface area contributed by atoms with E-state index in [1.54, 1.807) is 18.3 Å². The highest BCUT2D eigenvalue weighted by Crippen LogP contribution is 2.23. The van der Waals surface area contributed by atoms with E-state index in [1.165, 1.54) is 0 Å². The van der Waals surface area contributed by atoms with Gasteiger partial charge >= 0.3 is 0 Å². The second-order valence-corrected chi connectivity index (χ2v) is 2.88. The predicted octanol–water partition coefficient (Wildman–Crippen LogP) is 3.42. The minimum atomic E-state index is 0.337. The quantitative estimate of drug-likeness (QED) is 0.688. The molecule has 0 spiro atoms. The van der Waals surface area contributed by atoms with E-state index in [4.69, 9.17) is 11.3 Å². The molecule has 3 nitrogen and oxygen atoms in total. The van der Waals surface area contributed by atoms with E-state index in [0.717, 1.165) is 5.75 Å². The molecule has 0 radical (unpaired) electrons. The Morgan fingerprint density at radius 3 is 2.60 bits per heavy atom. The van der Waals surface area contributed by atoms with Crippen LogP contribution in [0.3, 0.4) is 0 Å². The zero-order valence-electron chi connectivity index (χ0n) is 7.92. The normalized spacial score (nSPS) is 9.27. The van der Waals surface area contributed by atoms with Gasteiger partial charge in [-0.25, -0.2) is 0 Å². The maximum atomic E-state index is 6.83. The zero-order chi connectivity index (χ0) is 10.5. The van der Waals surface area contributed by atoms with Crippen molar-refractivity contribution >= 4 is 5.82 Å². The molecule has 0 fully saturated rings. The molecule has 0 bridgehead atoms. The summed E-state index contributed by atoms with van der Waals surface area (Å²) < 4.78 is 5.54. The molecule has 0 aliphatic rings. The molecule has 0 atom stereocenters. The van der Waals surface area contributed by atoms with Gasteiger partial charge in [0.05, 0.1) is 0 Å². The number of nitrogens with zero attached hydrogens (tertiary/aromatic N) is 2. The summed E-state index contributed by atoms with van der Waals surface area (Å²) in [7, 11) is 0. The number of hydrogen-bond acceptors (Lipinski definition) is 2. The van der Waals surface area contributed by atoms with Crippen LogP contribution < -0.4 is 4.74 Å². The van der Waals surface area contributed by atoms with E-state index >= 15 is 0 Å². The standard InChI is InChI=1S/C12H8N2O/c1-13-12-9-11(7-8-14-12)15-10-5-3-2-4-6-10/h2-9H. The fraction of sp³-hybridized carbons (Fsp3) is 0. The first-order chi connectivity index (χ1) is 7.38. The summed E-state index contributed by atoms with van der Waals surface area (Å²) in [5, 5.41) is 0. The number of aromatic nitrogens is 1. The maximum Gasteiger partial charge on any atom is 0.273 e. The molecule has 3 heteroatoms. The third-order valence-electron chi connectivity index (χ3n) is 1.81. The van der Waals surface area contributed by atoms with Crippen LogP contribution in [0, 0.1) is 6.57 Å². The van der Waals surface area contributed by atoms with Crippen molar-refractivity contribution in [1.29, 1.82) is 0 Å². The van der Waals surface area contributed by atoms with Crippen molar-refractivity contribution in [3.05, 3.63) is 60.1 Å². The van der Waals surface area contributed by atoms with Gasteiger partial charge in [-0.15, -0.1) is 4.98 Å². The highest BCUT2D eigenvalue weighted by atomic mass is 16.5. The SMILES string of the molecule is [C-]#[N+]c1cc(Oc2ccccc2)ccn1. The summed E-state index contributed by atoms with van der Waals surface area (Å²) in [6, 6.07) is 12.8. The van der Waals surface area contributed by atoms with Crippen molar-refractivity contribution in [3.8, 4) is 11.5 Å². The fourth-order valence-corrected chi connectivity index (χ4v) is 1.15. The molecule has 0 aliphatic heterocycles. The summed E-state index contributed by atoms with van der Waals surface area (Å²) in [4.78, 5) is 7.10. The van der Waals surface area contributed by atoms with Gasteiger partial charge in [-0.2, -0.15) is 0 Å². The van der Waals surface area contributed by atoms with Crippen LogP contribution in [-0.4, -0.2) is 4.98 Å². The smallest absolute Gasteiger partial charge is 0.273 e. The molecule has 0 aliphatic carbocycles. The molecule has 0 unspecified atom stereocenters. The lowest BCUT2D eigenvalue weighted by molar-refractivity contribution is 0.482. The summed E-state index contributed by atoms with van der Waals surface area (Å²) >= 11 is 0. The molecular weight excluding hydrogens is 188 g/mol. The van der Waals surface area contributed by atoms with Crippen LogP contribution in [0.25, 0.3) is 4.85 Å². The van der Waals surface area contributed by atoms with Crippen molar-refractivity contribution in [2.24, 2.45) is 0 Å². The third kappa shape index (κ3) is 2.32. The Hall–Kier alpha value is -2.34. The molecule has 1 aromatic carbocycles. The van der Waals surface area contributed by atoms with Gasteiger partial charge in [-0.05, 0) is 12.1 Å². The Kier molecular flexibility index (Phi) is 2.61. The topological polar surface area (TPSA) is 26.5 Å². The number of ether oxygens (including phenoxy) is 1. The first-order valence-electron chi connectivity index (χ1n) is 4.45. The Labute approximate surface area is 87.8 Å². The summed E-state index contributed by atoms with van der Waals surface area (Å²) in [5.41, 5.74) is 0. The highest BCUT2D eigenvalue weighted by molar-refractivity contribution is 5.42. The van der Waals surface area contributed by atoms with Crippen LogP contribution in [-0.2, 0) is 0 Å². The molecule has 0 saturated carbocycles. The van der Waals surface area contributed by atoms with Crippen LogP contribution in [0.5, 0.6) is 11.5 Å². The molecule has 2 rings (SSSR count). The van der Waals surface area contributed by atoms with E-state index < -0.39 is 0 Å². The zero-order valence-corrected chi connectivity index (χ0v) is 7.92. The van der Waals surface area contributed by atoms with Crippen molar-refractivity contribution in [1.82, 2.24) is 4.98 Å². The summed E-state index contributed by atoms with van der Waals surface area (Å²) in [6.45, 7) is 6.83. The molecular formula is C12H8N2O. The second-order valence-electron chi connectivity index (χ2n) is 2.88. The van der Waals surface area contributed by atoms with Crippen LogP contribution in [0.1, 0.15) is 0 Å². The van der Waals surface area contributed by atoms with E-state index in [9.17, 15) is 0 Å². The predicted molar refractivity (Wildman–Crippen MR) is 57.0 cm³/mol. The lowest BCUT2D eigenvalue weighted by Crippen LogP contribution is -1.83. The van der Waals surface area contributed by atoms with Crippen LogP contribution >= 0.6 is 0 Å². The average molecular weight is 196 g/mol. The van der Waals surface area contributed by atoms with E-state index in [1.807, 2.05) is 30.3 Å². The summed E-state index contributed by atoms with van der Waals surface area (Å²) in [5.74, 6) is 1.71. The van der Waals surface area contributed by atoms with Gasteiger partial charge < -0.3 is 9.58 Å². The van der Waals surface area contributed by atoms with Crippen molar-refractivity contribution < 1.29 is 4.74 Å². The molecule has 0 amide bonds. The van der Waals surface area contributed by atoms with E-state index in [2.05, 4.69) is 9.83 Å². The maximum absolute atomic E-state index is 6.83. The molecule has 0 N–H and O–H groups in total. The van der Waals surface area contributed by atoms with Crippen LogP contribution in [0.15, 0.2) is 48.7 Å². The van der Waals surface area contributed by atoms with E-state index in [0.29, 0.717) is 11.6 Å².